The van der Waals surface area contributed by atoms with Crippen molar-refractivity contribution in [2.75, 3.05) is 7.11 Å². The van der Waals surface area contributed by atoms with E-state index in [1.54, 1.807) is 19.2 Å². The van der Waals surface area contributed by atoms with Gasteiger partial charge in [0, 0.05) is 17.5 Å². The van der Waals surface area contributed by atoms with E-state index in [2.05, 4.69) is 13.8 Å². The zero-order valence-corrected chi connectivity index (χ0v) is 10.6. The van der Waals surface area contributed by atoms with Gasteiger partial charge in [0.2, 0.25) is 0 Å². The van der Waals surface area contributed by atoms with E-state index in [9.17, 15) is 4.79 Å². The fourth-order valence-electron chi connectivity index (χ4n) is 2.41. The summed E-state index contributed by atoms with van der Waals surface area (Å²) in [6.07, 6.45) is 3.54. The number of hydrogen-bond donors (Lipinski definition) is 0. The van der Waals surface area contributed by atoms with Crippen LogP contribution in [0.4, 0.5) is 0 Å². The molecule has 0 spiro atoms. The number of aldehydes is 1. The van der Waals surface area contributed by atoms with Crippen molar-refractivity contribution < 1.29 is 14.3 Å². The summed E-state index contributed by atoms with van der Waals surface area (Å²) in [5.74, 6) is 1.47. The molecule has 0 unspecified atom stereocenters. The smallest absolute Gasteiger partial charge is 0.166 e. The zero-order chi connectivity index (χ0) is 12.5. The van der Waals surface area contributed by atoms with Gasteiger partial charge in [-0.25, -0.2) is 0 Å². The quantitative estimate of drug-likeness (QED) is 0.751. The number of carbonyl (C=O) groups is 1. The second kappa shape index (κ2) is 4.40. The molecule has 92 valence electrons. The highest BCUT2D eigenvalue weighted by molar-refractivity contribution is 5.80. The van der Waals surface area contributed by atoms with Crippen molar-refractivity contribution in [2.45, 2.75) is 38.7 Å². The van der Waals surface area contributed by atoms with E-state index < -0.39 is 0 Å². The van der Waals surface area contributed by atoms with Crippen LogP contribution in [0, 0.1) is 0 Å². The topological polar surface area (TPSA) is 35.5 Å². The van der Waals surface area contributed by atoms with Gasteiger partial charge in [-0.1, -0.05) is 13.8 Å². The molecule has 0 aliphatic carbocycles. The average Bonchev–Trinajstić information content (AvgIpc) is 2.78. The van der Waals surface area contributed by atoms with Crippen molar-refractivity contribution in [1.29, 1.82) is 0 Å². The molecule has 0 fully saturated rings. The second-order valence-electron chi connectivity index (χ2n) is 4.45. The first-order valence-corrected chi connectivity index (χ1v) is 6.03. The van der Waals surface area contributed by atoms with Crippen LogP contribution < -0.4 is 9.47 Å². The van der Waals surface area contributed by atoms with Crippen molar-refractivity contribution in [3.8, 4) is 11.5 Å². The van der Waals surface area contributed by atoms with Gasteiger partial charge in [-0.3, -0.25) is 4.79 Å². The minimum absolute atomic E-state index is 0.172. The summed E-state index contributed by atoms with van der Waals surface area (Å²) in [6.45, 7) is 4.23. The Labute approximate surface area is 102 Å². The van der Waals surface area contributed by atoms with Crippen LogP contribution >= 0.6 is 0 Å². The highest BCUT2D eigenvalue weighted by Gasteiger charge is 2.39. The third-order valence-electron chi connectivity index (χ3n) is 3.71. The third kappa shape index (κ3) is 1.79. The van der Waals surface area contributed by atoms with Crippen molar-refractivity contribution in [3.63, 3.8) is 0 Å². The molecule has 2 rings (SSSR count). The molecule has 1 aromatic carbocycles. The molecule has 0 aromatic heterocycles. The summed E-state index contributed by atoms with van der Waals surface area (Å²) in [5.41, 5.74) is 1.53. The molecule has 0 amide bonds. The fraction of sp³-hybridized carbons (Fsp3) is 0.500. The average molecular weight is 234 g/mol. The summed E-state index contributed by atoms with van der Waals surface area (Å²) in [6, 6.07) is 3.60. The standard InChI is InChI=1S/C14H18O3/c1-4-14(5-2)8-11-10(9-15)6-7-12(16-3)13(11)17-14/h6-7,9H,4-5,8H2,1-3H3. The Balaban J connectivity index is 2.51. The van der Waals surface area contributed by atoms with Crippen molar-refractivity contribution >= 4 is 6.29 Å². The Bertz CT molecular complexity index is 433. The van der Waals surface area contributed by atoms with Crippen molar-refractivity contribution in [1.82, 2.24) is 0 Å². The highest BCUT2D eigenvalue weighted by atomic mass is 16.5. The SMILES string of the molecule is CCC1(CC)Cc2c(C=O)ccc(OC)c2O1. The van der Waals surface area contributed by atoms with Gasteiger partial charge in [-0.2, -0.15) is 0 Å². The lowest BCUT2D eigenvalue weighted by atomic mass is 9.90. The normalized spacial score (nSPS) is 16.2. The molecule has 0 atom stereocenters. The Kier molecular flexibility index (Phi) is 3.09. The molecule has 3 heteroatoms. The summed E-state index contributed by atoms with van der Waals surface area (Å²) in [4.78, 5) is 11.1. The van der Waals surface area contributed by atoms with E-state index in [4.69, 9.17) is 9.47 Å². The molecule has 0 bridgehead atoms. The first-order valence-electron chi connectivity index (χ1n) is 6.03. The van der Waals surface area contributed by atoms with Gasteiger partial charge in [0.1, 0.15) is 11.9 Å². The maximum Gasteiger partial charge on any atom is 0.166 e. The van der Waals surface area contributed by atoms with Gasteiger partial charge in [-0.05, 0) is 25.0 Å². The number of rotatable bonds is 4. The predicted molar refractivity (Wildman–Crippen MR) is 66.0 cm³/mol. The number of ether oxygens (including phenoxy) is 2. The molecule has 1 aliphatic rings. The van der Waals surface area contributed by atoms with Crippen LogP contribution in [0.25, 0.3) is 0 Å². The van der Waals surface area contributed by atoms with E-state index >= 15 is 0 Å². The minimum Gasteiger partial charge on any atom is -0.493 e. The molecule has 1 aliphatic heterocycles. The molecule has 1 heterocycles. The molecule has 0 saturated carbocycles. The van der Waals surface area contributed by atoms with Crippen molar-refractivity contribution in [3.05, 3.63) is 23.3 Å². The first-order chi connectivity index (χ1) is 8.19. The first kappa shape index (κ1) is 12.0. The lowest BCUT2D eigenvalue weighted by Gasteiger charge is -2.25. The van der Waals surface area contributed by atoms with Crippen LogP contribution in [0.15, 0.2) is 12.1 Å². The maximum absolute atomic E-state index is 11.1. The Morgan fingerprint density at radius 3 is 2.65 bits per heavy atom. The highest BCUT2D eigenvalue weighted by Crippen LogP contribution is 2.45. The van der Waals surface area contributed by atoms with E-state index in [1.807, 2.05) is 0 Å². The molecular formula is C14H18O3. The molecule has 0 N–H and O–H groups in total. The van der Waals surface area contributed by atoms with E-state index in [0.717, 1.165) is 42.6 Å². The largest absolute Gasteiger partial charge is 0.493 e. The van der Waals surface area contributed by atoms with Gasteiger partial charge in [0.05, 0.1) is 7.11 Å². The van der Waals surface area contributed by atoms with Crippen LogP contribution in [-0.2, 0) is 6.42 Å². The summed E-state index contributed by atoms with van der Waals surface area (Å²) < 4.78 is 11.4. The third-order valence-corrected chi connectivity index (χ3v) is 3.71. The van der Waals surface area contributed by atoms with Gasteiger partial charge in [-0.15, -0.1) is 0 Å². The second-order valence-corrected chi connectivity index (χ2v) is 4.45. The van der Waals surface area contributed by atoms with E-state index in [-0.39, 0.29) is 5.60 Å². The lowest BCUT2D eigenvalue weighted by Crippen LogP contribution is -2.32. The Hall–Kier alpha value is -1.51. The minimum atomic E-state index is -0.172. The van der Waals surface area contributed by atoms with Crippen LogP contribution in [-0.4, -0.2) is 19.0 Å². The number of carbonyl (C=O) groups excluding carboxylic acids is 1. The number of hydrogen-bond acceptors (Lipinski definition) is 3. The summed E-state index contributed by atoms with van der Waals surface area (Å²) in [5, 5.41) is 0. The molecule has 0 radical (unpaired) electrons. The van der Waals surface area contributed by atoms with Crippen LogP contribution in [0.2, 0.25) is 0 Å². The zero-order valence-electron chi connectivity index (χ0n) is 10.6. The number of fused-ring (bicyclic) bond motifs is 1. The molecule has 17 heavy (non-hydrogen) atoms. The van der Waals surface area contributed by atoms with Crippen LogP contribution in [0.5, 0.6) is 11.5 Å². The van der Waals surface area contributed by atoms with Crippen molar-refractivity contribution in [2.24, 2.45) is 0 Å². The molecule has 1 aromatic rings. The molecule has 0 saturated heterocycles. The van der Waals surface area contributed by atoms with Gasteiger partial charge < -0.3 is 9.47 Å². The molecular weight excluding hydrogens is 216 g/mol. The van der Waals surface area contributed by atoms with E-state index in [0.29, 0.717) is 5.56 Å². The summed E-state index contributed by atoms with van der Waals surface area (Å²) >= 11 is 0. The maximum atomic E-state index is 11.1. The molecule has 3 nitrogen and oxygen atoms in total. The van der Waals surface area contributed by atoms with E-state index in [1.165, 1.54) is 0 Å². The van der Waals surface area contributed by atoms with Gasteiger partial charge >= 0.3 is 0 Å². The number of methoxy groups -OCH3 is 1. The number of benzene rings is 1. The Morgan fingerprint density at radius 1 is 1.41 bits per heavy atom. The van der Waals surface area contributed by atoms with Crippen LogP contribution in [0.1, 0.15) is 42.6 Å². The van der Waals surface area contributed by atoms with Gasteiger partial charge in [0.15, 0.2) is 11.5 Å². The fourth-order valence-corrected chi connectivity index (χ4v) is 2.41. The monoisotopic (exact) mass is 234 g/mol. The Morgan fingerprint density at radius 2 is 2.12 bits per heavy atom. The summed E-state index contributed by atoms with van der Waals surface area (Å²) in [7, 11) is 1.62. The predicted octanol–water partition coefficient (Wildman–Crippen LogP) is 3.00. The lowest BCUT2D eigenvalue weighted by molar-refractivity contribution is 0.0828. The van der Waals surface area contributed by atoms with Gasteiger partial charge in [0.25, 0.3) is 0 Å². The van der Waals surface area contributed by atoms with Crippen LogP contribution in [0.3, 0.4) is 0 Å².